The molecule has 0 bridgehead atoms. The Hall–Kier alpha value is -0.920. The van der Waals surface area contributed by atoms with Gasteiger partial charge in [-0.1, -0.05) is 11.6 Å². The molecule has 2 heterocycles. The van der Waals surface area contributed by atoms with Crippen LogP contribution in [0.2, 0.25) is 5.02 Å². The Labute approximate surface area is 149 Å². The summed E-state index contributed by atoms with van der Waals surface area (Å²) in [5, 5.41) is 3.87. The summed E-state index contributed by atoms with van der Waals surface area (Å²) in [6.45, 7) is 0. The van der Waals surface area contributed by atoms with Gasteiger partial charge in [-0.2, -0.15) is 0 Å². The van der Waals surface area contributed by atoms with Crippen molar-refractivity contribution in [1.29, 1.82) is 0 Å². The molecule has 2 aromatic heterocycles. The molecule has 120 valence electrons. The molecule has 0 spiro atoms. The molecule has 0 radical (unpaired) electrons. The number of aromatic nitrogens is 2. The molecule has 1 amide bonds. The van der Waals surface area contributed by atoms with Crippen LogP contribution in [0.25, 0.3) is 0 Å². The van der Waals surface area contributed by atoms with Crippen molar-refractivity contribution in [3.63, 3.8) is 0 Å². The van der Waals surface area contributed by atoms with Crippen LogP contribution in [0.4, 0.5) is 5.13 Å². The van der Waals surface area contributed by atoms with Crippen LogP contribution in [0.5, 0.6) is 0 Å². The minimum atomic E-state index is -0.280. The zero-order chi connectivity index (χ0) is 14.1. The average molecular weight is 382 g/mol. The van der Waals surface area contributed by atoms with Crippen LogP contribution >= 0.6 is 47.8 Å². The number of pyridine rings is 1. The van der Waals surface area contributed by atoms with Gasteiger partial charge < -0.3 is 5.73 Å². The van der Waals surface area contributed by atoms with Gasteiger partial charge in [-0.05, 0) is 31.4 Å². The minimum absolute atomic E-state index is 0. The van der Waals surface area contributed by atoms with Gasteiger partial charge in [0.25, 0.3) is 5.91 Å². The monoisotopic (exact) mass is 380 g/mol. The van der Waals surface area contributed by atoms with Gasteiger partial charge in [0.05, 0.1) is 10.7 Å². The van der Waals surface area contributed by atoms with Crippen molar-refractivity contribution in [1.82, 2.24) is 9.97 Å². The first-order valence-electron chi connectivity index (χ1n) is 6.29. The third-order valence-corrected chi connectivity index (χ3v) is 4.42. The number of nitrogens with one attached hydrogen (secondary N) is 1. The summed E-state index contributed by atoms with van der Waals surface area (Å²) in [5.41, 5.74) is 7.31. The van der Waals surface area contributed by atoms with Gasteiger partial charge in [-0.15, -0.1) is 36.2 Å². The fourth-order valence-corrected chi connectivity index (χ4v) is 3.33. The Morgan fingerprint density at radius 1 is 1.41 bits per heavy atom. The number of anilines is 1. The van der Waals surface area contributed by atoms with Crippen LogP contribution < -0.4 is 11.1 Å². The van der Waals surface area contributed by atoms with E-state index in [-0.39, 0.29) is 36.8 Å². The van der Waals surface area contributed by atoms with E-state index in [1.165, 1.54) is 22.4 Å². The van der Waals surface area contributed by atoms with Gasteiger partial charge in [-0.3, -0.25) is 10.1 Å². The van der Waals surface area contributed by atoms with Crippen molar-refractivity contribution in [3.05, 3.63) is 39.6 Å². The quantitative estimate of drug-likeness (QED) is 0.837. The summed E-state index contributed by atoms with van der Waals surface area (Å²) >= 11 is 7.23. The summed E-state index contributed by atoms with van der Waals surface area (Å²) in [7, 11) is 0. The molecule has 1 aliphatic carbocycles. The summed E-state index contributed by atoms with van der Waals surface area (Å²) in [5.74, 6) is -0.280. The molecule has 1 aliphatic rings. The van der Waals surface area contributed by atoms with Crippen LogP contribution in [-0.4, -0.2) is 21.9 Å². The normalized spacial score (nSPS) is 16.0. The van der Waals surface area contributed by atoms with E-state index in [9.17, 15) is 4.79 Å². The highest BCUT2D eigenvalue weighted by molar-refractivity contribution is 7.15. The number of amides is 1. The first kappa shape index (κ1) is 19.1. The number of halogens is 3. The lowest BCUT2D eigenvalue weighted by molar-refractivity contribution is 0.102. The number of hydrogen-bond donors (Lipinski definition) is 2. The van der Waals surface area contributed by atoms with Gasteiger partial charge in [0.1, 0.15) is 5.69 Å². The lowest BCUT2D eigenvalue weighted by Gasteiger charge is -2.15. The van der Waals surface area contributed by atoms with E-state index in [0.717, 1.165) is 25.0 Å². The first-order chi connectivity index (χ1) is 9.61. The molecule has 22 heavy (non-hydrogen) atoms. The second kappa shape index (κ2) is 8.08. The summed E-state index contributed by atoms with van der Waals surface area (Å²) in [6.07, 6.45) is 4.11. The number of nitrogens with zero attached hydrogens (tertiary/aromatic N) is 2. The molecule has 2 aromatic rings. The molecule has 0 saturated heterocycles. The number of thiazole rings is 1. The van der Waals surface area contributed by atoms with Crippen LogP contribution in [-0.2, 0) is 12.8 Å². The Kier molecular flexibility index (Phi) is 7.02. The molecule has 0 saturated carbocycles. The molecule has 0 fully saturated rings. The predicted molar refractivity (Wildman–Crippen MR) is 93.8 cm³/mol. The highest BCUT2D eigenvalue weighted by Crippen LogP contribution is 2.29. The lowest BCUT2D eigenvalue weighted by atomic mass is 9.99. The number of carbonyl (C=O) groups excluding carboxylic acids is 1. The van der Waals surface area contributed by atoms with Crippen molar-refractivity contribution < 1.29 is 4.79 Å². The first-order valence-corrected chi connectivity index (χ1v) is 7.48. The van der Waals surface area contributed by atoms with E-state index in [1.807, 2.05) is 0 Å². The van der Waals surface area contributed by atoms with Crippen LogP contribution in [0.1, 0.15) is 27.5 Å². The molecule has 3 rings (SSSR count). The van der Waals surface area contributed by atoms with E-state index in [4.69, 9.17) is 17.3 Å². The van der Waals surface area contributed by atoms with Gasteiger partial charge in [-0.25, -0.2) is 9.97 Å². The van der Waals surface area contributed by atoms with Crippen LogP contribution in [0, 0.1) is 0 Å². The van der Waals surface area contributed by atoms with Gasteiger partial charge in [0, 0.05) is 17.1 Å². The maximum Gasteiger partial charge on any atom is 0.276 e. The number of aryl methyl sites for hydroxylation is 1. The van der Waals surface area contributed by atoms with Crippen molar-refractivity contribution in [2.24, 2.45) is 5.73 Å². The lowest BCUT2D eigenvalue weighted by Crippen LogP contribution is -2.27. The topological polar surface area (TPSA) is 80.9 Å². The fourth-order valence-electron chi connectivity index (χ4n) is 2.13. The standard InChI is InChI=1S/C13H13ClN4OS.2ClH/c14-7-1-3-10(16-6-7)12(19)18-13-17-9-4-2-8(15)5-11(9)20-13;;/h1,3,6,8H,2,4-5,15H2,(H,17,18,19);2*1H/t8-;;/m0../s1. The summed E-state index contributed by atoms with van der Waals surface area (Å²) < 4.78 is 0. The van der Waals surface area contributed by atoms with E-state index in [1.54, 1.807) is 12.1 Å². The van der Waals surface area contributed by atoms with E-state index >= 15 is 0 Å². The number of rotatable bonds is 2. The third kappa shape index (κ3) is 4.30. The van der Waals surface area contributed by atoms with Crippen molar-refractivity contribution >= 4 is 58.8 Å². The Morgan fingerprint density at radius 3 is 2.86 bits per heavy atom. The number of fused-ring (bicyclic) bond motifs is 1. The molecular weight excluding hydrogens is 367 g/mol. The SMILES string of the molecule is Cl.Cl.N[C@H]1CCc2nc(NC(=O)c3ccc(Cl)cn3)sc2C1. The van der Waals surface area contributed by atoms with Crippen molar-refractivity contribution in [3.8, 4) is 0 Å². The molecular formula is C13H15Cl3N4OS. The van der Waals surface area contributed by atoms with Gasteiger partial charge >= 0.3 is 0 Å². The Bertz CT molecular complexity index is 647. The molecule has 9 heteroatoms. The second-order valence-corrected chi connectivity index (χ2v) is 6.23. The van der Waals surface area contributed by atoms with Crippen molar-refractivity contribution in [2.45, 2.75) is 25.3 Å². The van der Waals surface area contributed by atoms with Gasteiger partial charge in [0.15, 0.2) is 5.13 Å². The van der Waals surface area contributed by atoms with E-state index in [0.29, 0.717) is 15.8 Å². The highest BCUT2D eigenvalue weighted by Gasteiger charge is 2.21. The zero-order valence-corrected chi connectivity index (χ0v) is 14.6. The second-order valence-electron chi connectivity index (χ2n) is 4.71. The minimum Gasteiger partial charge on any atom is -0.327 e. The molecule has 5 nitrogen and oxygen atoms in total. The smallest absolute Gasteiger partial charge is 0.276 e. The molecule has 0 aromatic carbocycles. The predicted octanol–water partition coefficient (Wildman–Crippen LogP) is 3.10. The number of carbonyl (C=O) groups is 1. The maximum atomic E-state index is 12.0. The van der Waals surface area contributed by atoms with E-state index < -0.39 is 0 Å². The largest absolute Gasteiger partial charge is 0.327 e. The van der Waals surface area contributed by atoms with E-state index in [2.05, 4.69) is 15.3 Å². The summed E-state index contributed by atoms with van der Waals surface area (Å²) in [6, 6.07) is 3.42. The Morgan fingerprint density at radius 2 is 2.18 bits per heavy atom. The van der Waals surface area contributed by atoms with Crippen molar-refractivity contribution in [2.75, 3.05) is 5.32 Å². The summed E-state index contributed by atoms with van der Waals surface area (Å²) in [4.78, 5) is 21.6. The maximum absolute atomic E-state index is 12.0. The van der Waals surface area contributed by atoms with Crippen LogP contribution in [0.15, 0.2) is 18.3 Å². The molecule has 0 unspecified atom stereocenters. The molecule has 0 aliphatic heterocycles. The average Bonchev–Trinajstić information content (AvgIpc) is 2.80. The third-order valence-electron chi connectivity index (χ3n) is 3.16. The zero-order valence-electron chi connectivity index (χ0n) is 11.4. The van der Waals surface area contributed by atoms with Crippen LogP contribution in [0.3, 0.4) is 0 Å². The molecule has 3 N–H and O–H groups in total. The van der Waals surface area contributed by atoms with Gasteiger partial charge in [0.2, 0.25) is 0 Å². The molecule has 1 atom stereocenters. The Balaban J connectivity index is 0.00000121. The fraction of sp³-hybridized carbons (Fsp3) is 0.308. The number of nitrogens with two attached hydrogens (primary N) is 1. The number of hydrogen-bond acceptors (Lipinski definition) is 5. The highest BCUT2D eigenvalue weighted by atomic mass is 35.5.